The van der Waals surface area contributed by atoms with Crippen LogP contribution in [0.5, 0.6) is 0 Å². The smallest absolute Gasteiger partial charge is 0.293 e. The van der Waals surface area contributed by atoms with Crippen LogP contribution in [0.4, 0.5) is 0 Å². The molecule has 2 aromatic rings. The third-order valence-corrected chi connectivity index (χ3v) is 2.61. The zero-order chi connectivity index (χ0) is 12.1. The summed E-state index contributed by atoms with van der Waals surface area (Å²) < 4.78 is 5.02. The van der Waals surface area contributed by atoms with Gasteiger partial charge in [-0.15, -0.1) is 0 Å². The van der Waals surface area contributed by atoms with Crippen molar-refractivity contribution >= 4 is 18.1 Å². The van der Waals surface area contributed by atoms with Gasteiger partial charge in [-0.3, -0.25) is 4.79 Å². The van der Waals surface area contributed by atoms with Crippen molar-refractivity contribution in [3.63, 3.8) is 0 Å². The average Bonchev–Trinajstić information content (AvgIpc) is 2.82. The highest BCUT2D eigenvalue weighted by molar-refractivity contribution is 6.31. The molecule has 5 nitrogen and oxygen atoms in total. The van der Waals surface area contributed by atoms with Gasteiger partial charge in [-0.25, -0.2) is 0 Å². The second-order valence-electron chi connectivity index (χ2n) is 3.33. The first kappa shape index (κ1) is 11.6. The van der Waals surface area contributed by atoms with E-state index in [0.29, 0.717) is 18.0 Å². The number of halogens is 1. The molecule has 0 fully saturated rings. The van der Waals surface area contributed by atoms with Gasteiger partial charge in [0, 0.05) is 10.6 Å². The molecule has 0 unspecified atom stereocenters. The Balaban J connectivity index is 2.23. The summed E-state index contributed by atoms with van der Waals surface area (Å²) in [6, 6.07) is 7.20. The lowest BCUT2D eigenvalue weighted by Gasteiger charge is -2.15. The summed E-state index contributed by atoms with van der Waals surface area (Å²) in [5.74, 6) is 0. The number of hydrogen-bond acceptors (Lipinski definition) is 4. The van der Waals surface area contributed by atoms with Crippen LogP contribution in [-0.4, -0.2) is 21.5 Å². The number of rotatable bonds is 5. The first-order chi connectivity index (χ1) is 8.31. The predicted octanol–water partition coefficient (Wildman–Crippen LogP) is 1.85. The summed E-state index contributed by atoms with van der Waals surface area (Å²) in [4.78, 5) is 12.0. The summed E-state index contributed by atoms with van der Waals surface area (Å²) in [6.45, 7) is 0.729. The van der Waals surface area contributed by atoms with E-state index in [9.17, 15) is 4.79 Å². The van der Waals surface area contributed by atoms with Crippen molar-refractivity contribution in [2.24, 2.45) is 0 Å². The van der Waals surface area contributed by atoms with Gasteiger partial charge in [0.2, 0.25) is 0 Å². The Bertz CT molecular complexity index is 487. The van der Waals surface area contributed by atoms with E-state index in [1.807, 2.05) is 12.1 Å². The molecule has 88 valence electrons. The number of aromatic nitrogens is 3. The maximum absolute atomic E-state index is 10.5. The topological polar surface area (TPSA) is 57.0 Å². The van der Waals surface area contributed by atoms with E-state index in [1.54, 1.807) is 24.5 Å². The number of benzene rings is 1. The molecule has 0 N–H and O–H groups in total. The summed E-state index contributed by atoms with van der Waals surface area (Å²) in [5.41, 5.74) is 0.735. The monoisotopic (exact) mass is 251 g/mol. The van der Waals surface area contributed by atoms with Crippen molar-refractivity contribution in [3.8, 4) is 0 Å². The largest absolute Gasteiger partial charge is 0.458 e. The number of carbonyl (C=O) groups excluding carboxylic acids is 1. The highest BCUT2D eigenvalue weighted by Gasteiger charge is 2.16. The molecule has 2 rings (SSSR count). The van der Waals surface area contributed by atoms with Crippen molar-refractivity contribution < 1.29 is 9.53 Å². The quantitative estimate of drug-likeness (QED) is 0.761. The second kappa shape index (κ2) is 5.45. The second-order valence-corrected chi connectivity index (χ2v) is 3.73. The van der Waals surface area contributed by atoms with Crippen LogP contribution in [0.3, 0.4) is 0 Å². The average molecular weight is 252 g/mol. The van der Waals surface area contributed by atoms with Gasteiger partial charge in [0.1, 0.15) is 12.6 Å². The molecule has 1 aromatic carbocycles. The van der Waals surface area contributed by atoms with Gasteiger partial charge in [0.25, 0.3) is 6.47 Å². The van der Waals surface area contributed by atoms with Gasteiger partial charge in [-0.1, -0.05) is 29.8 Å². The highest BCUT2D eigenvalue weighted by Crippen LogP contribution is 2.25. The molecular formula is C11H10ClN3O2. The molecule has 1 atom stereocenters. The third kappa shape index (κ3) is 2.82. The van der Waals surface area contributed by atoms with E-state index >= 15 is 0 Å². The standard InChI is InChI=1S/C11H10ClN3O2/c12-10-4-2-1-3-9(10)11(17-8-16)7-15-13-5-6-14-15/h1-6,8,11H,7H2/t11-/m0/s1. The van der Waals surface area contributed by atoms with Gasteiger partial charge in [-0.05, 0) is 6.07 Å². The lowest BCUT2D eigenvalue weighted by molar-refractivity contribution is -0.134. The molecule has 0 aliphatic carbocycles. The maximum Gasteiger partial charge on any atom is 0.293 e. The summed E-state index contributed by atoms with van der Waals surface area (Å²) >= 11 is 6.05. The van der Waals surface area contributed by atoms with Crippen molar-refractivity contribution in [3.05, 3.63) is 47.2 Å². The fourth-order valence-corrected chi connectivity index (χ4v) is 1.76. The summed E-state index contributed by atoms with van der Waals surface area (Å²) in [5, 5.41) is 8.47. The minimum Gasteiger partial charge on any atom is -0.458 e. The van der Waals surface area contributed by atoms with Crippen molar-refractivity contribution in [1.29, 1.82) is 0 Å². The van der Waals surface area contributed by atoms with Gasteiger partial charge in [0.05, 0.1) is 12.4 Å². The van der Waals surface area contributed by atoms with Gasteiger partial charge < -0.3 is 4.74 Å². The Hall–Kier alpha value is -1.88. The summed E-state index contributed by atoms with van der Waals surface area (Å²) in [6.07, 6.45) is 2.63. The van der Waals surface area contributed by atoms with Crippen LogP contribution < -0.4 is 0 Å². The predicted molar refractivity (Wildman–Crippen MR) is 61.4 cm³/mol. The van der Waals surface area contributed by atoms with Gasteiger partial charge in [0.15, 0.2) is 0 Å². The third-order valence-electron chi connectivity index (χ3n) is 2.27. The van der Waals surface area contributed by atoms with E-state index in [-0.39, 0.29) is 0 Å². The van der Waals surface area contributed by atoms with Crippen molar-refractivity contribution in [2.45, 2.75) is 12.6 Å². The normalized spacial score (nSPS) is 12.1. The lowest BCUT2D eigenvalue weighted by Crippen LogP contribution is -2.14. The maximum atomic E-state index is 10.5. The van der Waals surface area contributed by atoms with Crippen LogP contribution in [-0.2, 0) is 16.1 Å². The van der Waals surface area contributed by atoms with E-state index in [0.717, 1.165) is 5.56 Å². The fraction of sp³-hybridized carbons (Fsp3) is 0.182. The molecule has 0 bridgehead atoms. The van der Waals surface area contributed by atoms with Crippen LogP contribution in [0.15, 0.2) is 36.7 Å². The first-order valence-corrected chi connectivity index (χ1v) is 5.36. The summed E-state index contributed by atoms with van der Waals surface area (Å²) in [7, 11) is 0. The number of carbonyl (C=O) groups is 1. The number of hydrogen-bond donors (Lipinski definition) is 0. The van der Waals surface area contributed by atoms with Crippen LogP contribution in [0.2, 0.25) is 5.02 Å². The molecule has 0 amide bonds. The van der Waals surface area contributed by atoms with Gasteiger partial charge in [-0.2, -0.15) is 15.0 Å². The Morgan fingerprint density at radius 1 is 1.35 bits per heavy atom. The lowest BCUT2D eigenvalue weighted by atomic mass is 10.1. The minimum atomic E-state index is -0.492. The SMILES string of the molecule is O=CO[C@@H](Cn1nccn1)c1ccccc1Cl. The van der Waals surface area contributed by atoms with Crippen LogP contribution in [0, 0.1) is 0 Å². The Morgan fingerprint density at radius 3 is 2.71 bits per heavy atom. The zero-order valence-electron chi connectivity index (χ0n) is 8.86. The molecule has 0 saturated carbocycles. The minimum absolute atomic E-state index is 0.329. The van der Waals surface area contributed by atoms with Crippen LogP contribution in [0.1, 0.15) is 11.7 Å². The molecular weight excluding hydrogens is 242 g/mol. The van der Waals surface area contributed by atoms with Crippen molar-refractivity contribution in [1.82, 2.24) is 15.0 Å². The zero-order valence-corrected chi connectivity index (χ0v) is 9.62. The highest BCUT2D eigenvalue weighted by atomic mass is 35.5. The first-order valence-electron chi connectivity index (χ1n) is 4.99. The molecule has 0 aliphatic rings. The fourth-order valence-electron chi connectivity index (χ4n) is 1.50. The molecule has 0 radical (unpaired) electrons. The van der Waals surface area contributed by atoms with E-state index < -0.39 is 6.10 Å². The Labute approximate surface area is 103 Å². The van der Waals surface area contributed by atoms with E-state index in [4.69, 9.17) is 16.3 Å². The molecule has 17 heavy (non-hydrogen) atoms. The molecule has 0 aliphatic heterocycles. The molecule has 6 heteroatoms. The van der Waals surface area contributed by atoms with Crippen molar-refractivity contribution in [2.75, 3.05) is 0 Å². The molecule has 0 saturated heterocycles. The van der Waals surface area contributed by atoms with Crippen LogP contribution in [0.25, 0.3) is 0 Å². The molecule has 1 aromatic heterocycles. The number of ether oxygens (including phenoxy) is 1. The van der Waals surface area contributed by atoms with E-state index in [2.05, 4.69) is 10.2 Å². The Morgan fingerprint density at radius 2 is 2.06 bits per heavy atom. The van der Waals surface area contributed by atoms with Gasteiger partial charge >= 0.3 is 0 Å². The Kier molecular flexibility index (Phi) is 3.72. The van der Waals surface area contributed by atoms with Crippen LogP contribution >= 0.6 is 11.6 Å². The molecule has 0 spiro atoms. The molecule has 1 heterocycles. The number of nitrogens with zero attached hydrogens (tertiary/aromatic N) is 3. The van der Waals surface area contributed by atoms with E-state index in [1.165, 1.54) is 4.80 Å².